The predicted molar refractivity (Wildman–Crippen MR) is 139 cm³/mol. The number of esters is 1. The van der Waals surface area contributed by atoms with Gasteiger partial charge in [-0.15, -0.1) is 0 Å². The number of aromatic hydroxyl groups is 1. The SMILES string of the molecule is COc1cc([C@@H]2c3cc4c(cc3[C@@H](OC(=O)N(C)CCCN(C)C)[C@H]3C(=O)OC[C@H]23)OCO4)cc(OC)c1O. The number of fused-ring (bicyclic) bond motifs is 3. The first-order valence-corrected chi connectivity index (χ1v) is 12.8. The zero-order chi connectivity index (χ0) is 27.8. The zero-order valence-corrected chi connectivity index (χ0v) is 22.8. The smallest absolute Gasteiger partial charge is 0.410 e. The first-order valence-electron chi connectivity index (χ1n) is 12.8. The van der Waals surface area contributed by atoms with E-state index in [1.165, 1.54) is 19.1 Å². The summed E-state index contributed by atoms with van der Waals surface area (Å²) in [5.74, 6) is -0.479. The monoisotopic (exact) mass is 542 g/mol. The summed E-state index contributed by atoms with van der Waals surface area (Å²) in [5, 5.41) is 10.5. The molecule has 2 aromatic rings. The number of hydrogen-bond donors (Lipinski definition) is 1. The average Bonchev–Trinajstić information content (AvgIpc) is 3.53. The number of carbonyl (C=O) groups is 2. The number of ether oxygens (including phenoxy) is 6. The Hall–Kier alpha value is -3.86. The fourth-order valence-electron chi connectivity index (χ4n) is 5.69. The molecular weight excluding hydrogens is 508 g/mol. The molecule has 3 aliphatic rings. The van der Waals surface area contributed by atoms with Gasteiger partial charge in [-0.25, -0.2) is 4.79 Å². The molecule has 4 atom stereocenters. The molecule has 0 radical (unpaired) electrons. The number of hydrogen-bond acceptors (Lipinski definition) is 10. The van der Waals surface area contributed by atoms with Crippen LogP contribution in [0.3, 0.4) is 0 Å². The fraction of sp³-hybridized carbons (Fsp3) is 0.500. The maximum absolute atomic E-state index is 13.2. The van der Waals surface area contributed by atoms with Gasteiger partial charge >= 0.3 is 12.1 Å². The number of cyclic esters (lactones) is 1. The van der Waals surface area contributed by atoms with Gasteiger partial charge in [0.1, 0.15) is 12.0 Å². The van der Waals surface area contributed by atoms with Crippen molar-refractivity contribution in [2.45, 2.75) is 18.4 Å². The lowest BCUT2D eigenvalue weighted by Gasteiger charge is -2.39. The molecule has 2 aromatic carbocycles. The zero-order valence-electron chi connectivity index (χ0n) is 22.8. The predicted octanol–water partition coefficient (Wildman–Crippen LogP) is 3.13. The second kappa shape index (κ2) is 10.7. The van der Waals surface area contributed by atoms with E-state index in [0.717, 1.165) is 24.1 Å². The van der Waals surface area contributed by atoms with E-state index >= 15 is 0 Å². The van der Waals surface area contributed by atoms with Gasteiger partial charge in [0, 0.05) is 31.0 Å². The number of methoxy groups -OCH3 is 2. The van der Waals surface area contributed by atoms with Crippen molar-refractivity contribution in [3.8, 4) is 28.7 Å². The highest BCUT2D eigenvalue weighted by Crippen LogP contribution is 2.56. The largest absolute Gasteiger partial charge is 0.502 e. The number of benzene rings is 2. The summed E-state index contributed by atoms with van der Waals surface area (Å²) in [6, 6.07) is 7.10. The summed E-state index contributed by atoms with van der Waals surface area (Å²) in [6.07, 6.45) is -0.623. The molecule has 0 spiro atoms. The molecule has 0 unspecified atom stereocenters. The third-order valence-electron chi connectivity index (χ3n) is 7.63. The first-order chi connectivity index (χ1) is 18.7. The van der Waals surface area contributed by atoms with Crippen molar-refractivity contribution in [3.05, 3.63) is 41.0 Å². The minimum absolute atomic E-state index is 0.0672. The van der Waals surface area contributed by atoms with Gasteiger partial charge in [0.2, 0.25) is 12.5 Å². The van der Waals surface area contributed by atoms with E-state index in [1.807, 2.05) is 25.1 Å². The van der Waals surface area contributed by atoms with Crippen LogP contribution < -0.4 is 18.9 Å². The molecule has 2 aliphatic heterocycles. The molecule has 1 amide bonds. The number of phenols is 1. The second-order valence-electron chi connectivity index (χ2n) is 10.3. The van der Waals surface area contributed by atoms with Crippen molar-refractivity contribution < 1.29 is 43.1 Å². The number of nitrogens with zero attached hydrogens (tertiary/aromatic N) is 2. The molecule has 1 saturated heterocycles. The molecule has 1 aliphatic carbocycles. The third kappa shape index (κ3) is 4.87. The lowest BCUT2D eigenvalue weighted by atomic mass is 9.66. The Balaban J connectivity index is 1.58. The van der Waals surface area contributed by atoms with Crippen LogP contribution in [-0.4, -0.2) is 88.8 Å². The van der Waals surface area contributed by atoms with E-state index in [4.69, 9.17) is 28.4 Å². The molecule has 0 saturated carbocycles. The quantitative estimate of drug-likeness (QED) is 0.499. The van der Waals surface area contributed by atoms with Crippen molar-refractivity contribution in [2.75, 3.05) is 61.9 Å². The molecular formula is C28H34N2O9. The number of amides is 1. The standard InChI is InChI=1S/C28H34N2O9/c1-29(2)7-6-8-30(3)28(33)39-26-17-12-20-19(37-14-38-20)11-16(17)23(18-13-36-27(32)24(18)26)15-9-21(34-4)25(31)22(10-15)35-5/h9-12,18,23-24,26,31H,6-8,13-14H2,1-5H3/t18-,23-,24+,26-/m1/s1. The van der Waals surface area contributed by atoms with Gasteiger partial charge in [0.25, 0.3) is 0 Å². The number of rotatable bonds is 8. The van der Waals surface area contributed by atoms with Gasteiger partial charge in [0.15, 0.2) is 23.0 Å². The van der Waals surface area contributed by atoms with Crippen molar-refractivity contribution in [1.29, 1.82) is 0 Å². The molecule has 5 rings (SSSR count). The maximum atomic E-state index is 13.2. The van der Waals surface area contributed by atoms with Crippen LogP contribution in [0.2, 0.25) is 0 Å². The molecule has 11 heteroatoms. The molecule has 11 nitrogen and oxygen atoms in total. The summed E-state index contributed by atoms with van der Waals surface area (Å²) in [7, 11) is 8.55. The van der Waals surface area contributed by atoms with Crippen molar-refractivity contribution in [3.63, 3.8) is 0 Å². The van der Waals surface area contributed by atoms with E-state index in [1.54, 1.807) is 25.2 Å². The molecule has 210 valence electrons. The summed E-state index contributed by atoms with van der Waals surface area (Å²) in [4.78, 5) is 29.9. The van der Waals surface area contributed by atoms with E-state index in [0.29, 0.717) is 23.6 Å². The Morgan fingerprint density at radius 3 is 2.23 bits per heavy atom. The molecule has 39 heavy (non-hydrogen) atoms. The molecule has 0 bridgehead atoms. The van der Waals surface area contributed by atoms with E-state index in [-0.39, 0.29) is 42.5 Å². The molecule has 1 N–H and O–H groups in total. The van der Waals surface area contributed by atoms with Crippen LogP contribution in [-0.2, 0) is 14.3 Å². The highest BCUT2D eigenvalue weighted by Gasteiger charge is 2.54. The van der Waals surface area contributed by atoms with E-state index < -0.39 is 24.1 Å². The lowest BCUT2D eigenvalue weighted by molar-refractivity contribution is -0.144. The van der Waals surface area contributed by atoms with Gasteiger partial charge < -0.3 is 43.3 Å². The summed E-state index contributed by atoms with van der Waals surface area (Å²) in [5.41, 5.74) is 2.20. The molecule has 0 aromatic heterocycles. The van der Waals surface area contributed by atoms with Crippen molar-refractivity contribution in [2.24, 2.45) is 11.8 Å². The van der Waals surface area contributed by atoms with Crippen molar-refractivity contribution >= 4 is 12.1 Å². The van der Waals surface area contributed by atoms with Crippen LogP contribution in [0.1, 0.15) is 35.1 Å². The molecule has 2 heterocycles. The molecule has 1 fully saturated rings. The Bertz CT molecular complexity index is 1240. The summed E-state index contributed by atoms with van der Waals surface area (Å²) >= 11 is 0. The third-order valence-corrected chi connectivity index (χ3v) is 7.63. The van der Waals surface area contributed by atoms with Crippen LogP contribution in [0.25, 0.3) is 0 Å². The maximum Gasteiger partial charge on any atom is 0.410 e. The number of carbonyl (C=O) groups excluding carboxylic acids is 2. The second-order valence-corrected chi connectivity index (χ2v) is 10.3. The summed E-state index contributed by atoms with van der Waals surface area (Å²) in [6.45, 7) is 1.54. The average molecular weight is 543 g/mol. The van der Waals surface area contributed by atoms with Gasteiger partial charge in [-0.1, -0.05) is 0 Å². The van der Waals surface area contributed by atoms with Gasteiger partial charge in [-0.2, -0.15) is 0 Å². The highest BCUT2D eigenvalue weighted by molar-refractivity contribution is 5.79. The van der Waals surface area contributed by atoms with Crippen LogP contribution in [0.5, 0.6) is 28.7 Å². The minimum Gasteiger partial charge on any atom is -0.502 e. The first kappa shape index (κ1) is 26.7. The lowest BCUT2D eigenvalue weighted by Crippen LogP contribution is -2.39. The highest BCUT2D eigenvalue weighted by atomic mass is 16.7. The number of phenolic OH excluding ortho intramolecular Hbond substituents is 1. The fourth-order valence-corrected chi connectivity index (χ4v) is 5.69. The van der Waals surface area contributed by atoms with E-state index in [2.05, 4.69) is 0 Å². The van der Waals surface area contributed by atoms with Crippen LogP contribution in [0, 0.1) is 11.8 Å². The Kier molecular flexibility index (Phi) is 7.35. The van der Waals surface area contributed by atoms with Crippen molar-refractivity contribution in [1.82, 2.24) is 9.80 Å². The summed E-state index contributed by atoms with van der Waals surface area (Å²) < 4.78 is 33.8. The van der Waals surface area contributed by atoms with Gasteiger partial charge in [0.05, 0.1) is 20.8 Å². The van der Waals surface area contributed by atoms with Crippen LogP contribution in [0.15, 0.2) is 24.3 Å². The Morgan fingerprint density at radius 1 is 0.974 bits per heavy atom. The van der Waals surface area contributed by atoms with Crippen LogP contribution in [0.4, 0.5) is 4.79 Å². The van der Waals surface area contributed by atoms with E-state index in [9.17, 15) is 14.7 Å². The van der Waals surface area contributed by atoms with Gasteiger partial charge in [-0.05, 0) is 62.5 Å². The van der Waals surface area contributed by atoms with Gasteiger partial charge in [-0.3, -0.25) is 4.79 Å². The van der Waals surface area contributed by atoms with Crippen LogP contribution >= 0.6 is 0 Å². The normalized spacial score (nSPS) is 22.7. The minimum atomic E-state index is -0.879. The Labute approximate surface area is 227 Å². The topological polar surface area (TPSA) is 116 Å². The Morgan fingerprint density at radius 2 is 1.62 bits per heavy atom.